The van der Waals surface area contributed by atoms with Crippen molar-refractivity contribution in [2.45, 2.75) is 38.6 Å². The van der Waals surface area contributed by atoms with Crippen LogP contribution in [0.3, 0.4) is 0 Å². The molecule has 1 heterocycles. The summed E-state index contributed by atoms with van der Waals surface area (Å²) in [5.74, 6) is 0.107. The van der Waals surface area contributed by atoms with Crippen molar-refractivity contribution in [3.8, 4) is 0 Å². The van der Waals surface area contributed by atoms with Gasteiger partial charge in [-0.2, -0.15) is 0 Å². The van der Waals surface area contributed by atoms with E-state index in [1.54, 1.807) is 12.1 Å². The summed E-state index contributed by atoms with van der Waals surface area (Å²) < 4.78 is 0. The first kappa shape index (κ1) is 15.3. The monoisotopic (exact) mass is 294 g/mol. The number of rotatable bonds is 5. The Morgan fingerprint density at radius 2 is 2.10 bits per heavy atom. The van der Waals surface area contributed by atoms with Gasteiger partial charge in [-0.05, 0) is 50.1 Å². The van der Waals surface area contributed by atoms with Crippen LogP contribution in [0.25, 0.3) is 0 Å². The molecule has 1 aromatic carbocycles. The fourth-order valence-corrected chi connectivity index (χ4v) is 2.79. The first-order valence-electron chi connectivity index (χ1n) is 7.49. The van der Waals surface area contributed by atoms with Gasteiger partial charge in [0, 0.05) is 29.7 Å². The van der Waals surface area contributed by atoms with E-state index in [-0.39, 0.29) is 5.91 Å². The van der Waals surface area contributed by atoms with Gasteiger partial charge in [0.1, 0.15) is 0 Å². The van der Waals surface area contributed by atoms with E-state index >= 15 is 0 Å². The minimum absolute atomic E-state index is 0.107. The molecule has 1 amide bonds. The Morgan fingerprint density at radius 3 is 2.70 bits per heavy atom. The van der Waals surface area contributed by atoms with Crippen LogP contribution in [0.5, 0.6) is 0 Å². The van der Waals surface area contributed by atoms with Gasteiger partial charge in [0.15, 0.2) is 0 Å². The lowest BCUT2D eigenvalue weighted by Gasteiger charge is -2.30. The zero-order chi connectivity index (χ0) is 14.4. The smallest absolute Gasteiger partial charge is 0.253 e. The molecule has 3 nitrogen and oxygen atoms in total. The minimum atomic E-state index is 0.107. The number of piperidine rings is 1. The van der Waals surface area contributed by atoms with Crippen molar-refractivity contribution in [1.82, 2.24) is 10.2 Å². The Kier molecular flexibility index (Phi) is 5.86. The average molecular weight is 295 g/mol. The number of halogens is 1. The molecule has 1 N–H and O–H groups in total. The van der Waals surface area contributed by atoms with Gasteiger partial charge in [0.2, 0.25) is 0 Å². The molecule has 1 atom stereocenters. The van der Waals surface area contributed by atoms with Crippen molar-refractivity contribution in [2.24, 2.45) is 0 Å². The highest BCUT2D eigenvalue weighted by Crippen LogP contribution is 2.14. The van der Waals surface area contributed by atoms with Gasteiger partial charge in [-0.1, -0.05) is 24.9 Å². The molecule has 1 aliphatic rings. The van der Waals surface area contributed by atoms with Crippen LogP contribution in [0.4, 0.5) is 0 Å². The summed E-state index contributed by atoms with van der Waals surface area (Å²) in [5, 5.41) is 4.17. The molecule has 0 spiro atoms. The summed E-state index contributed by atoms with van der Waals surface area (Å²) in [5.41, 5.74) is 0.721. The van der Waals surface area contributed by atoms with Crippen LogP contribution in [0.2, 0.25) is 5.02 Å². The summed E-state index contributed by atoms with van der Waals surface area (Å²) in [7, 11) is 0. The largest absolute Gasteiger partial charge is 0.337 e. The molecule has 1 saturated heterocycles. The van der Waals surface area contributed by atoms with E-state index in [0.29, 0.717) is 11.1 Å². The van der Waals surface area contributed by atoms with E-state index in [1.807, 2.05) is 17.0 Å². The van der Waals surface area contributed by atoms with Gasteiger partial charge in [-0.3, -0.25) is 4.79 Å². The molecule has 0 saturated carbocycles. The molecule has 1 fully saturated rings. The van der Waals surface area contributed by atoms with Crippen molar-refractivity contribution in [1.29, 1.82) is 0 Å². The Labute approximate surface area is 126 Å². The number of hydrogen-bond acceptors (Lipinski definition) is 2. The second-order valence-electron chi connectivity index (χ2n) is 5.40. The molecule has 1 unspecified atom stereocenters. The molecule has 2 rings (SSSR count). The van der Waals surface area contributed by atoms with Gasteiger partial charge in [0.05, 0.1) is 0 Å². The maximum absolute atomic E-state index is 12.6. The molecule has 1 aromatic rings. The van der Waals surface area contributed by atoms with Crippen LogP contribution in [-0.4, -0.2) is 36.5 Å². The highest BCUT2D eigenvalue weighted by Gasteiger charge is 2.20. The molecule has 4 heteroatoms. The fraction of sp³-hybridized carbons (Fsp3) is 0.562. The highest BCUT2D eigenvalue weighted by atomic mass is 35.5. The number of carbonyl (C=O) groups is 1. The van der Waals surface area contributed by atoms with E-state index in [9.17, 15) is 4.79 Å². The van der Waals surface area contributed by atoms with Crippen LogP contribution in [0.1, 0.15) is 43.0 Å². The summed E-state index contributed by atoms with van der Waals surface area (Å²) >= 11 is 5.88. The first-order chi connectivity index (χ1) is 9.70. The van der Waals surface area contributed by atoms with Gasteiger partial charge < -0.3 is 10.2 Å². The predicted molar refractivity (Wildman–Crippen MR) is 83.3 cm³/mol. The third-order valence-electron chi connectivity index (χ3n) is 3.73. The SMILES string of the molecule is CCCN(CC1CCCCN1)C(=O)c1ccc(Cl)cc1. The van der Waals surface area contributed by atoms with E-state index in [4.69, 9.17) is 11.6 Å². The van der Waals surface area contributed by atoms with E-state index < -0.39 is 0 Å². The number of hydrogen-bond donors (Lipinski definition) is 1. The zero-order valence-electron chi connectivity index (χ0n) is 12.1. The fourth-order valence-electron chi connectivity index (χ4n) is 2.67. The second-order valence-corrected chi connectivity index (χ2v) is 5.84. The third-order valence-corrected chi connectivity index (χ3v) is 3.98. The standard InChI is InChI=1S/C16H23ClN2O/c1-2-11-19(12-15-5-3-4-10-18-15)16(20)13-6-8-14(17)9-7-13/h6-9,15,18H,2-5,10-12H2,1H3. The van der Waals surface area contributed by atoms with Crippen molar-refractivity contribution in [2.75, 3.05) is 19.6 Å². The number of amides is 1. The summed E-state index contributed by atoms with van der Waals surface area (Å²) in [6.07, 6.45) is 4.64. The van der Waals surface area contributed by atoms with Crippen molar-refractivity contribution in [3.63, 3.8) is 0 Å². The zero-order valence-corrected chi connectivity index (χ0v) is 12.8. The Morgan fingerprint density at radius 1 is 1.35 bits per heavy atom. The van der Waals surface area contributed by atoms with Crippen LogP contribution >= 0.6 is 11.6 Å². The number of nitrogens with one attached hydrogen (secondary N) is 1. The van der Waals surface area contributed by atoms with Gasteiger partial charge >= 0.3 is 0 Å². The van der Waals surface area contributed by atoms with Crippen molar-refractivity contribution < 1.29 is 4.79 Å². The second kappa shape index (κ2) is 7.65. The number of carbonyl (C=O) groups excluding carboxylic acids is 1. The normalized spacial score (nSPS) is 18.8. The molecule has 1 aliphatic heterocycles. The van der Waals surface area contributed by atoms with Crippen LogP contribution < -0.4 is 5.32 Å². The van der Waals surface area contributed by atoms with Gasteiger partial charge in [-0.15, -0.1) is 0 Å². The summed E-state index contributed by atoms with van der Waals surface area (Å²) in [4.78, 5) is 14.5. The lowest BCUT2D eigenvalue weighted by molar-refractivity contribution is 0.0732. The molecule has 0 aliphatic carbocycles. The topological polar surface area (TPSA) is 32.3 Å². The Balaban J connectivity index is 2.02. The summed E-state index contributed by atoms with van der Waals surface area (Å²) in [6, 6.07) is 7.60. The number of nitrogens with zero attached hydrogens (tertiary/aromatic N) is 1. The van der Waals surface area contributed by atoms with Crippen LogP contribution in [0.15, 0.2) is 24.3 Å². The maximum Gasteiger partial charge on any atom is 0.253 e. The molecule has 0 aromatic heterocycles. The molecule has 20 heavy (non-hydrogen) atoms. The van der Waals surface area contributed by atoms with Crippen molar-refractivity contribution >= 4 is 17.5 Å². The van der Waals surface area contributed by atoms with Gasteiger partial charge in [0.25, 0.3) is 5.91 Å². The lowest BCUT2D eigenvalue weighted by atomic mass is 10.0. The van der Waals surface area contributed by atoms with Crippen molar-refractivity contribution in [3.05, 3.63) is 34.9 Å². The average Bonchev–Trinajstić information content (AvgIpc) is 2.48. The van der Waals surface area contributed by atoms with E-state index in [2.05, 4.69) is 12.2 Å². The van der Waals surface area contributed by atoms with Crippen LogP contribution in [0, 0.1) is 0 Å². The first-order valence-corrected chi connectivity index (χ1v) is 7.86. The summed E-state index contributed by atoms with van der Waals surface area (Å²) in [6.45, 7) is 4.78. The van der Waals surface area contributed by atoms with Crippen LogP contribution in [-0.2, 0) is 0 Å². The van der Waals surface area contributed by atoms with Gasteiger partial charge in [-0.25, -0.2) is 0 Å². The van der Waals surface area contributed by atoms with E-state index in [1.165, 1.54) is 12.8 Å². The molecular formula is C16H23ClN2O. The molecular weight excluding hydrogens is 272 g/mol. The molecule has 110 valence electrons. The highest BCUT2D eigenvalue weighted by molar-refractivity contribution is 6.30. The maximum atomic E-state index is 12.6. The number of benzene rings is 1. The Bertz CT molecular complexity index is 427. The minimum Gasteiger partial charge on any atom is -0.337 e. The Hall–Kier alpha value is -1.06. The molecule has 0 radical (unpaired) electrons. The predicted octanol–water partition coefficient (Wildman–Crippen LogP) is 3.33. The lowest BCUT2D eigenvalue weighted by Crippen LogP contribution is -2.46. The quantitative estimate of drug-likeness (QED) is 0.903. The third kappa shape index (κ3) is 4.22. The van der Waals surface area contributed by atoms with E-state index in [0.717, 1.165) is 38.0 Å². The molecule has 0 bridgehead atoms.